The number of aliphatic carboxylic acids is 1. The van der Waals surface area contributed by atoms with E-state index in [1.54, 1.807) is 6.20 Å². The van der Waals surface area contributed by atoms with Crippen LogP contribution in [0.2, 0.25) is 0 Å². The summed E-state index contributed by atoms with van der Waals surface area (Å²) < 4.78 is 0. The van der Waals surface area contributed by atoms with Gasteiger partial charge in [0.1, 0.15) is 5.25 Å². The topological polar surface area (TPSA) is 66.0 Å². The van der Waals surface area contributed by atoms with Crippen LogP contribution in [0.4, 0.5) is 0 Å². The number of hydrogen-bond acceptors (Lipinski definition) is 3. The molecule has 0 unspecified atom stereocenters. The van der Waals surface area contributed by atoms with Crippen LogP contribution in [0.5, 0.6) is 0 Å². The Bertz CT molecular complexity index is 551. The Hall–Kier alpha value is -1.49. The molecule has 0 aliphatic rings. The van der Waals surface area contributed by atoms with Crippen molar-refractivity contribution in [3.05, 3.63) is 30.1 Å². The lowest BCUT2D eigenvalue weighted by Gasteiger charge is -2.13. The maximum Gasteiger partial charge on any atom is 0.316 e. The van der Waals surface area contributed by atoms with Gasteiger partial charge in [-0.05, 0) is 29.4 Å². The fraction of sp³-hybridized carbons (Fsp3) is 0.385. The SMILES string of the molecule is CC(C)S[C@@H](Cc1c[nH]c2cccnc12)C(=O)O. The lowest BCUT2D eigenvalue weighted by atomic mass is 10.1. The summed E-state index contributed by atoms with van der Waals surface area (Å²) in [6.07, 6.45) is 4.08. The molecule has 0 radical (unpaired) electrons. The fourth-order valence-corrected chi connectivity index (χ4v) is 2.94. The van der Waals surface area contributed by atoms with Crippen LogP contribution in [0.15, 0.2) is 24.5 Å². The van der Waals surface area contributed by atoms with E-state index in [4.69, 9.17) is 0 Å². The summed E-state index contributed by atoms with van der Waals surface area (Å²) in [5.41, 5.74) is 2.78. The van der Waals surface area contributed by atoms with Gasteiger partial charge in [-0.15, -0.1) is 11.8 Å². The molecular weight excluding hydrogens is 248 g/mol. The Morgan fingerprint density at radius 3 is 3.00 bits per heavy atom. The molecule has 0 aromatic carbocycles. The Morgan fingerprint density at radius 2 is 2.33 bits per heavy atom. The Labute approximate surface area is 110 Å². The van der Waals surface area contributed by atoms with Gasteiger partial charge in [-0.1, -0.05) is 13.8 Å². The van der Waals surface area contributed by atoms with Crippen LogP contribution < -0.4 is 0 Å². The molecule has 2 aromatic heterocycles. The summed E-state index contributed by atoms with van der Waals surface area (Å²) in [5.74, 6) is -0.765. The van der Waals surface area contributed by atoms with Crippen molar-refractivity contribution in [2.75, 3.05) is 0 Å². The molecular formula is C13H16N2O2S. The number of rotatable bonds is 5. The zero-order valence-electron chi connectivity index (χ0n) is 10.4. The predicted octanol–water partition coefficient (Wildman–Crippen LogP) is 2.70. The summed E-state index contributed by atoms with van der Waals surface area (Å²) in [5, 5.41) is 9.11. The van der Waals surface area contributed by atoms with E-state index in [1.807, 2.05) is 32.2 Å². The molecule has 0 aliphatic heterocycles. The predicted molar refractivity (Wildman–Crippen MR) is 73.9 cm³/mol. The molecule has 96 valence electrons. The molecule has 2 aromatic rings. The summed E-state index contributed by atoms with van der Waals surface area (Å²) in [6.45, 7) is 4.02. The molecule has 2 rings (SSSR count). The highest BCUT2D eigenvalue weighted by atomic mass is 32.2. The Morgan fingerprint density at radius 1 is 1.56 bits per heavy atom. The first-order valence-corrected chi connectivity index (χ1v) is 6.81. The summed E-state index contributed by atoms with van der Waals surface area (Å²) in [7, 11) is 0. The average molecular weight is 264 g/mol. The van der Waals surface area contributed by atoms with E-state index in [2.05, 4.69) is 9.97 Å². The molecule has 0 saturated carbocycles. The second kappa shape index (κ2) is 5.44. The van der Waals surface area contributed by atoms with Crippen molar-refractivity contribution in [3.8, 4) is 0 Å². The van der Waals surface area contributed by atoms with Crippen molar-refractivity contribution in [1.29, 1.82) is 0 Å². The third-order valence-corrected chi connectivity index (χ3v) is 3.87. The van der Waals surface area contributed by atoms with E-state index >= 15 is 0 Å². The van der Waals surface area contributed by atoms with Gasteiger partial charge in [0.25, 0.3) is 0 Å². The Kier molecular flexibility index (Phi) is 3.91. The molecule has 0 amide bonds. The van der Waals surface area contributed by atoms with E-state index < -0.39 is 11.2 Å². The van der Waals surface area contributed by atoms with Gasteiger partial charge in [0.05, 0.1) is 11.0 Å². The standard InChI is InChI=1S/C13H16N2O2S/c1-8(2)18-11(13(16)17)6-9-7-15-10-4-3-5-14-12(9)10/h3-5,7-8,11,15H,6H2,1-2H3,(H,16,17)/t11-/m0/s1. The van der Waals surface area contributed by atoms with Gasteiger partial charge < -0.3 is 10.1 Å². The Balaban J connectivity index is 2.23. The maximum absolute atomic E-state index is 11.2. The summed E-state index contributed by atoms with van der Waals surface area (Å²) in [4.78, 5) is 18.7. The van der Waals surface area contributed by atoms with Crippen LogP contribution >= 0.6 is 11.8 Å². The molecule has 18 heavy (non-hydrogen) atoms. The lowest BCUT2D eigenvalue weighted by Crippen LogP contribution is -2.21. The van der Waals surface area contributed by atoms with Crippen molar-refractivity contribution >= 4 is 28.8 Å². The first kappa shape index (κ1) is 13.0. The highest BCUT2D eigenvalue weighted by Gasteiger charge is 2.21. The number of aromatic amines is 1. The third-order valence-electron chi connectivity index (χ3n) is 2.63. The minimum Gasteiger partial charge on any atom is -0.480 e. The maximum atomic E-state index is 11.2. The largest absolute Gasteiger partial charge is 0.480 e. The minimum absolute atomic E-state index is 0.296. The van der Waals surface area contributed by atoms with Crippen LogP contribution in [-0.4, -0.2) is 31.5 Å². The number of carboxylic acid groups (broad SMARTS) is 1. The first-order chi connectivity index (χ1) is 8.58. The number of H-pyrrole nitrogens is 1. The van der Waals surface area contributed by atoms with E-state index in [9.17, 15) is 9.90 Å². The van der Waals surface area contributed by atoms with Gasteiger partial charge in [-0.25, -0.2) is 0 Å². The van der Waals surface area contributed by atoms with E-state index in [-0.39, 0.29) is 0 Å². The smallest absolute Gasteiger partial charge is 0.316 e. The number of thioether (sulfide) groups is 1. The van der Waals surface area contributed by atoms with E-state index in [0.29, 0.717) is 11.7 Å². The highest BCUT2D eigenvalue weighted by molar-refractivity contribution is 8.01. The molecule has 2 N–H and O–H groups in total. The van der Waals surface area contributed by atoms with E-state index in [1.165, 1.54) is 11.8 Å². The number of carboxylic acids is 1. The highest BCUT2D eigenvalue weighted by Crippen LogP contribution is 2.24. The molecule has 4 nitrogen and oxygen atoms in total. The second-order valence-electron chi connectivity index (χ2n) is 4.43. The zero-order valence-corrected chi connectivity index (χ0v) is 11.2. The van der Waals surface area contributed by atoms with Gasteiger partial charge >= 0.3 is 5.97 Å². The molecule has 0 spiro atoms. The van der Waals surface area contributed by atoms with Gasteiger partial charge in [-0.2, -0.15) is 0 Å². The molecule has 1 atom stereocenters. The van der Waals surface area contributed by atoms with Crippen LogP contribution in [0.25, 0.3) is 11.0 Å². The average Bonchev–Trinajstić information content (AvgIpc) is 2.71. The molecule has 5 heteroatoms. The van der Waals surface area contributed by atoms with Crippen LogP contribution in [-0.2, 0) is 11.2 Å². The van der Waals surface area contributed by atoms with Crippen molar-refractivity contribution in [1.82, 2.24) is 9.97 Å². The number of carbonyl (C=O) groups is 1. The minimum atomic E-state index is -0.765. The number of nitrogens with one attached hydrogen (secondary N) is 1. The quantitative estimate of drug-likeness (QED) is 0.871. The van der Waals surface area contributed by atoms with Crippen molar-refractivity contribution < 1.29 is 9.90 Å². The van der Waals surface area contributed by atoms with Crippen LogP contribution in [0, 0.1) is 0 Å². The molecule has 0 aliphatic carbocycles. The van der Waals surface area contributed by atoms with Crippen LogP contribution in [0.1, 0.15) is 19.4 Å². The molecule has 0 saturated heterocycles. The normalized spacial score (nSPS) is 13.1. The van der Waals surface area contributed by atoms with E-state index in [0.717, 1.165) is 16.6 Å². The molecule has 0 fully saturated rings. The van der Waals surface area contributed by atoms with Gasteiger partial charge in [0.15, 0.2) is 0 Å². The molecule has 2 heterocycles. The summed E-state index contributed by atoms with van der Waals surface area (Å²) in [6, 6.07) is 3.80. The van der Waals surface area contributed by atoms with Crippen molar-refractivity contribution in [2.45, 2.75) is 30.8 Å². The second-order valence-corrected chi connectivity index (χ2v) is 6.21. The summed E-state index contributed by atoms with van der Waals surface area (Å²) >= 11 is 1.47. The lowest BCUT2D eigenvalue weighted by molar-refractivity contribution is -0.136. The number of hydrogen-bond donors (Lipinski definition) is 2. The van der Waals surface area contributed by atoms with Crippen LogP contribution in [0.3, 0.4) is 0 Å². The molecule has 0 bridgehead atoms. The van der Waals surface area contributed by atoms with Gasteiger partial charge in [-0.3, -0.25) is 9.78 Å². The van der Waals surface area contributed by atoms with Gasteiger partial charge in [0.2, 0.25) is 0 Å². The third kappa shape index (κ3) is 2.85. The number of fused-ring (bicyclic) bond motifs is 1. The zero-order chi connectivity index (χ0) is 13.1. The first-order valence-electron chi connectivity index (χ1n) is 5.87. The monoisotopic (exact) mass is 264 g/mol. The number of pyridine rings is 1. The van der Waals surface area contributed by atoms with Crippen molar-refractivity contribution in [3.63, 3.8) is 0 Å². The van der Waals surface area contributed by atoms with Gasteiger partial charge in [0, 0.05) is 12.4 Å². The number of nitrogens with zero attached hydrogens (tertiary/aromatic N) is 1. The number of aromatic nitrogens is 2. The fourth-order valence-electron chi connectivity index (χ4n) is 1.89. The van der Waals surface area contributed by atoms with Crippen molar-refractivity contribution in [2.24, 2.45) is 0 Å².